The summed E-state index contributed by atoms with van der Waals surface area (Å²) in [6.07, 6.45) is 4.84. The monoisotopic (exact) mass is 263 g/mol. The molecule has 3 heteroatoms. The molecule has 0 bridgehead atoms. The Morgan fingerprint density at radius 1 is 1.22 bits per heavy atom. The van der Waals surface area contributed by atoms with Crippen LogP contribution in [0.15, 0.2) is 30.3 Å². The predicted octanol–water partition coefficient (Wildman–Crippen LogP) is 3.07. The number of carbonyl (C=O) groups excluding carboxylic acids is 1. The SMILES string of the molecule is O=C(CCl)NC1CC2(C1)CC(c1ccccc1)C2. The van der Waals surface area contributed by atoms with E-state index >= 15 is 0 Å². The van der Waals surface area contributed by atoms with E-state index in [1.807, 2.05) is 0 Å². The van der Waals surface area contributed by atoms with Crippen molar-refractivity contribution in [1.29, 1.82) is 0 Å². The number of hydrogen-bond donors (Lipinski definition) is 1. The highest BCUT2D eigenvalue weighted by Crippen LogP contribution is 2.61. The molecule has 0 unspecified atom stereocenters. The third-order valence-corrected chi connectivity index (χ3v) is 4.72. The van der Waals surface area contributed by atoms with E-state index in [0.29, 0.717) is 11.5 Å². The van der Waals surface area contributed by atoms with Crippen molar-refractivity contribution in [3.8, 4) is 0 Å². The summed E-state index contributed by atoms with van der Waals surface area (Å²) in [6, 6.07) is 11.1. The van der Waals surface area contributed by atoms with Gasteiger partial charge in [0, 0.05) is 6.04 Å². The molecule has 2 aliphatic rings. The largest absolute Gasteiger partial charge is 0.352 e. The molecule has 18 heavy (non-hydrogen) atoms. The van der Waals surface area contributed by atoms with E-state index in [4.69, 9.17) is 11.6 Å². The third kappa shape index (κ3) is 2.14. The van der Waals surface area contributed by atoms with Gasteiger partial charge in [0.05, 0.1) is 0 Å². The van der Waals surface area contributed by atoms with Crippen LogP contribution in [0.25, 0.3) is 0 Å². The Hall–Kier alpha value is -1.02. The average molecular weight is 264 g/mol. The fraction of sp³-hybridized carbons (Fsp3) is 0.533. The Bertz CT molecular complexity index is 431. The van der Waals surface area contributed by atoms with Crippen molar-refractivity contribution < 1.29 is 4.79 Å². The minimum Gasteiger partial charge on any atom is -0.352 e. The zero-order valence-electron chi connectivity index (χ0n) is 10.4. The first-order valence-electron chi connectivity index (χ1n) is 6.61. The van der Waals surface area contributed by atoms with Gasteiger partial charge in [-0.1, -0.05) is 30.3 Å². The predicted molar refractivity (Wildman–Crippen MR) is 72.7 cm³/mol. The summed E-state index contributed by atoms with van der Waals surface area (Å²) in [5.74, 6) is 0.780. The summed E-state index contributed by atoms with van der Waals surface area (Å²) in [7, 11) is 0. The standard InChI is InChI=1S/C15H18ClNO/c16-10-14(18)17-13-8-15(9-13)6-12(7-15)11-4-2-1-3-5-11/h1-5,12-13H,6-10H2,(H,17,18). The second-order valence-corrected chi connectivity index (χ2v) is 6.09. The van der Waals surface area contributed by atoms with Crippen LogP contribution in [-0.4, -0.2) is 17.8 Å². The van der Waals surface area contributed by atoms with E-state index in [-0.39, 0.29) is 11.8 Å². The lowest BCUT2D eigenvalue weighted by Crippen LogP contribution is -2.55. The molecular weight excluding hydrogens is 246 g/mol. The van der Waals surface area contributed by atoms with Crippen molar-refractivity contribution in [2.75, 3.05) is 5.88 Å². The Labute approximate surface area is 113 Å². The molecule has 0 saturated heterocycles. The molecule has 0 aliphatic heterocycles. The number of nitrogens with one attached hydrogen (secondary N) is 1. The highest BCUT2D eigenvalue weighted by molar-refractivity contribution is 6.27. The van der Waals surface area contributed by atoms with E-state index in [9.17, 15) is 4.79 Å². The molecule has 0 atom stereocenters. The minimum absolute atomic E-state index is 0.0320. The highest BCUT2D eigenvalue weighted by Gasteiger charge is 2.53. The fourth-order valence-electron chi connectivity index (χ4n) is 3.63. The maximum atomic E-state index is 11.2. The summed E-state index contributed by atoms with van der Waals surface area (Å²) in [5.41, 5.74) is 1.99. The molecule has 0 aromatic heterocycles. The van der Waals surface area contributed by atoms with Crippen molar-refractivity contribution in [2.45, 2.75) is 37.6 Å². The normalized spacial score (nSPS) is 33.6. The van der Waals surface area contributed by atoms with Crippen LogP contribution in [0, 0.1) is 5.41 Å². The quantitative estimate of drug-likeness (QED) is 0.835. The van der Waals surface area contributed by atoms with Gasteiger partial charge in [-0.25, -0.2) is 0 Å². The smallest absolute Gasteiger partial charge is 0.235 e. The second kappa shape index (κ2) is 4.58. The lowest BCUT2D eigenvalue weighted by atomic mass is 9.49. The van der Waals surface area contributed by atoms with E-state index in [1.54, 1.807) is 0 Å². The van der Waals surface area contributed by atoms with Gasteiger partial charge >= 0.3 is 0 Å². The number of alkyl halides is 1. The summed E-state index contributed by atoms with van der Waals surface area (Å²) in [6.45, 7) is 0. The molecule has 1 aromatic carbocycles. The van der Waals surface area contributed by atoms with Crippen LogP contribution in [0.4, 0.5) is 0 Å². The van der Waals surface area contributed by atoms with Gasteiger partial charge in [0.15, 0.2) is 0 Å². The van der Waals surface area contributed by atoms with Crippen LogP contribution in [0.3, 0.4) is 0 Å². The number of halogens is 1. The van der Waals surface area contributed by atoms with Crippen LogP contribution < -0.4 is 5.32 Å². The maximum Gasteiger partial charge on any atom is 0.235 e. The molecule has 1 N–H and O–H groups in total. The number of carbonyl (C=O) groups is 1. The van der Waals surface area contributed by atoms with Crippen molar-refractivity contribution in [2.24, 2.45) is 5.41 Å². The van der Waals surface area contributed by atoms with Gasteiger partial charge in [-0.2, -0.15) is 0 Å². The van der Waals surface area contributed by atoms with E-state index in [2.05, 4.69) is 35.6 Å². The van der Waals surface area contributed by atoms with Crippen LogP contribution in [0.5, 0.6) is 0 Å². The zero-order valence-corrected chi connectivity index (χ0v) is 11.1. The van der Waals surface area contributed by atoms with Gasteiger partial charge in [-0.05, 0) is 42.6 Å². The van der Waals surface area contributed by atoms with Gasteiger partial charge in [-0.3, -0.25) is 4.79 Å². The van der Waals surface area contributed by atoms with Crippen LogP contribution >= 0.6 is 11.6 Å². The van der Waals surface area contributed by atoms with Crippen molar-refractivity contribution in [3.05, 3.63) is 35.9 Å². The van der Waals surface area contributed by atoms with Gasteiger partial charge in [-0.15, -0.1) is 11.6 Å². The number of benzene rings is 1. The molecule has 2 nitrogen and oxygen atoms in total. The lowest BCUT2D eigenvalue weighted by Gasteiger charge is -2.58. The molecular formula is C15H18ClNO. The second-order valence-electron chi connectivity index (χ2n) is 5.82. The Kier molecular flexibility index (Phi) is 3.06. The van der Waals surface area contributed by atoms with Gasteiger partial charge < -0.3 is 5.32 Å². The third-order valence-electron chi connectivity index (χ3n) is 4.48. The fourth-order valence-corrected chi connectivity index (χ4v) is 3.71. The number of rotatable bonds is 3. The van der Waals surface area contributed by atoms with Crippen molar-refractivity contribution in [3.63, 3.8) is 0 Å². The van der Waals surface area contributed by atoms with Crippen molar-refractivity contribution >= 4 is 17.5 Å². The van der Waals surface area contributed by atoms with Crippen LogP contribution in [0.2, 0.25) is 0 Å². The Morgan fingerprint density at radius 3 is 2.50 bits per heavy atom. The summed E-state index contributed by atoms with van der Waals surface area (Å²) in [4.78, 5) is 11.2. The first kappa shape index (κ1) is 12.0. The summed E-state index contributed by atoms with van der Waals surface area (Å²) < 4.78 is 0. The van der Waals surface area contributed by atoms with E-state index in [0.717, 1.165) is 18.8 Å². The number of hydrogen-bond acceptors (Lipinski definition) is 1. The zero-order chi connectivity index (χ0) is 12.6. The molecule has 2 fully saturated rings. The molecule has 3 rings (SSSR count). The molecule has 96 valence electrons. The topological polar surface area (TPSA) is 29.1 Å². The Balaban J connectivity index is 1.48. The van der Waals surface area contributed by atoms with Crippen molar-refractivity contribution in [1.82, 2.24) is 5.32 Å². The minimum atomic E-state index is -0.0320. The molecule has 2 aliphatic carbocycles. The van der Waals surface area contributed by atoms with Crippen LogP contribution in [-0.2, 0) is 4.79 Å². The molecule has 0 heterocycles. The maximum absolute atomic E-state index is 11.2. The average Bonchev–Trinajstić information content (AvgIpc) is 2.31. The highest BCUT2D eigenvalue weighted by atomic mass is 35.5. The molecule has 1 aromatic rings. The summed E-state index contributed by atoms with van der Waals surface area (Å²) in [5, 5.41) is 2.97. The molecule has 2 saturated carbocycles. The molecule has 1 spiro atoms. The van der Waals surface area contributed by atoms with E-state index < -0.39 is 0 Å². The summed E-state index contributed by atoms with van der Waals surface area (Å²) >= 11 is 5.49. The lowest BCUT2D eigenvalue weighted by molar-refractivity contribution is -0.122. The molecule has 0 radical (unpaired) electrons. The number of amides is 1. The Morgan fingerprint density at radius 2 is 1.89 bits per heavy atom. The van der Waals surface area contributed by atoms with E-state index in [1.165, 1.54) is 18.4 Å². The van der Waals surface area contributed by atoms with Crippen LogP contribution in [0.1, 0.15) is 37.2 Å². The van der Waals surface area contributed by atoms with Gasteiger partial charge in [0.1, 0.15) is 5.88 Å². The van der Waals surface area contributed by atoms with Gasteiger partial charge in [0.2, 0.25) is 5.91 Å². The first-order valence-corrected chi connectivity index (χ1v) is 7.14. The first-order chi connectivity index (χ1) is 8.71. The van der Waals surface area contributed by atoms with Gasteiger partial charge in [0.25, 0.3) is 0 Å². The molecule has 1 amide bonds.